The molecule has 0 aliphatic heterocycles. The first kappa shape index (κ1) is 15.0. The molecule has 0 unspecified atom stereocenters. The summed E-state index contributed by atoms with van der Waals surface area (Å²) in [5.74, 6) is 2.95. The van der Waals surface area contributed by atoms with Crippen molar-refractivity contribution in [1.82, 2.24) is 4.90 Å². The van der Waals surface area contributed by atoms with E-state index in [2.05, 4.69) is 54.8 Å². The number of hydrogen-bond donors (Lipinski definition) is 1. The first-order chi connectivity index (χ1) is 9.67. The molecule has 0 saturated heterocycles. The third kappa shape index (κ3) is 4.62. The van der Waals surface area contributed by atoms with Gasteiger partial charge in [-0.25, -0.2) is 0 Å². The van der Waals surface area contributed by atoms with Crippen LogP contribution in [-0.4, -0.2) is 25.3 Å². The van der Waals surface area contributed by atoms with Crippen LogP contribution in [0.1, 0.15) is 17.1 Å². The summed E-state index contributed by atoms with van der Waals surface area (Å²) in [4.78, 5) is 2.17. The first-order valence-corrected chi connectivity index (χ1v) is 8.11. The molecule has 0 radical (unpaired) electrons. The third-order valence-corrected chi connectivity index (χ3v) is 3.50. The van der Waals surface area contributed by atoms with E-state index in [0.717, 1.165) is 36.1 Å². The van der Waals surface area contributed by atoms with Gasteiger partial charge in [-0.05, 0) is 50.2 Å². The van der Waals surface area contributed by atoms with Gasteiger partial charge in [0.15, 0.2) is 0 Å². The largest absolute Gasteiger partial charge is 0.463 e. The van der Waals surface area contributed by atoms with Gasteiger partial charge in [-0.15, -0.1) is 0 Å². The second-order valence-electron chi connectivity index (χ2n) is 5.09. The van der Waals surface area contributed by atoms with Crippen molar-refractivity contribution in [3.8, 4) is 0 Å². The van der Waals surface area contributed by atoms with Crippen molar-refractivity contribution in [2.75, 3.05) is 25.7 Å². The zero-order chi connectivity index (χ0) is 14.4. The Kier molecular flexibility index (Phi) is 5.56. The molecule has 1 aromatic carbocycles. The molecule has 0 fully saturated rings. The highest BCUT2D eigenvalue weighted by molar-refractivity contribution is 7.97. The van der Waals surface area contributed by atoms with Gasteiger partial charge in [0, 0.05) is 12.2 Å². The Hall–Kier alpha value is -1.39. The Bertz CT molecular complexity index is 520. The minimum atomic E-state index is 0.724. The molecule has 0 bridgehead atoms. The fraction of sp³-hybridized carbons (Fsp3) is 0.375. The zero-order valence-corrected chi connectivity index (χ0v) is 13.2. The lowest BCUT2D eigenvalue weighted by molar-refractivity contribution is 0.402. The van der Waals surface area contributed by atoms with Crippen molar-refractivity contribution in [2.24, 2.45) is 0 Å². The molecule has 1 aromatic heterocycles. The number of furan rings is 1. The van der Waals surface area contributed by atoms with Crippen molar-refractivity contribution in [3.05, 3.63) is 53.5 Å². The minimum Gasteiger partial charge on any atom is -0.463 e. The quantitative estimate of drug-likeness (QED) is 0.839. The molecule has 0 atom stereocenters. The van der Waals surface area contributed by atoms with Gasteiger partial charge < -0.3 is 14.6 Å². The monoisotopic (exact) mass is 290 g/mol. The maximum Gasteiger partial charge on any atom is 0.123 e. The summed E-state index contributed by atoms with van der Waals surface area (Å²) >= 11 is 1.77. The van der Waals surface area contributed by atoms with Gasteiger partial charge in [-0.1, -0.05) is 12.1 Å². The summed E-state index contributed by atoms with van der Waals surface area (Å²) in [7, 11) is 4.16. The van der Waals surface area contributed by atoms with Gasteiger partial charge >= 0.3 is 0 Å². The summed E-state index contributed by atoms with van der Waals surface area (Å²) in [6.45, 7) is 1.69. The minimum absolute atomic E-state index is 0.724. The molecule has 0 spiro atoms. The topological polar surface area (TPSA) is 28.4 Å². The molecule has 0 saturated carbocycles. The zero-order valence-electron chi connectivity index (χ0n) is 12.3. The lowest BCUT2D eigenvalue weighted by atomic mass is 10.2. The third-order valence-electron chi connectivity index (χ3n) is 2.92. The van der Waals surface area contributed by atoms with Crippen LogP contribution >= 0.6 is 11.8 Å². The van der Waals surface area contributed by atoms with Crippen LogP contribution in [0, 0.1) is 0 Å². The normalized spacial score (nSPS) is 11.0. The van der Waals surface area contributed by atoms with E-state index in [-0.39, 0.29) is 0 Å². The number of anilines is 1. The Morgan fingerprint density at radius 2 is 1.75 bits per heavy atom. The Morgan fingerprint density at radius 1 is 1.05 bits per heavy atom. The highest BCUT2D eigenvalue weighted by Gasteiger charge is 2.02. The van der Waals surface area contributed by atoms with Crippen molar-refractivity contribution < 1.29 is 4.42 Å². The molecule has 1 heterocycles. The summed E-state index contributed by atoms with van der Waals surface area (Å²) in [5.41, 5.74) is 2.44. The second-order valence-corrected chi connectivity index (χ2v) is 5.96. The van der Waals surface area contributed by atoms with E-state index in [1.54, 1.807) is 11.8 Å². The van der Waals surface area contributed by atoms with Crippen LogP contribution in [0.15, 0.2) is 40.8 Å². The molecule has 0 aliphatic carbocycles. The van der Waals surface area contributed by atoms with Gasteiger partial charge in [0.1, 0.15) is 11.5 Å². The SMILES string of the molecule is CSCc1ccc(CNc2ccc(CN(C)C)cc2)o1. The van der Waals surface area contributed by atoms with Crippen molar-refractivity contribution in [3.63, 3.8) is 0 Å². The molecular weight excluding hydrogens is 268 g/mol. The van der Waals surface area contributed by atoms with Crippen molar-refractivity contribution in [2.45, 2.75) is 18.8 Å². The predicted molar refractivity (Wildman–Crippen MR) is 87.1 cm³/mol. The van der Waals surface area contributed by atoms with E-state index in [1.807, 2.05) is 12.1 Å². The Morgan fingerprint density at radius 3 is 2.40 bits per heavy atom. The maximum atomic E-state index is 5.73. The molecule has 20 heavy (non-hydrogen) atoms. The Balaban J connectivity index is 1.86. The Labute approximate surface area is 125 Å². The van der Waals surface area contributed by atoms with E-state index in [1.165, 1.54) is 5.56 Å². The molecular formula is C16H22N2OS. The highest BCUT2D eigenvalue weighted by Crippen LogP contribution is 2.16. The van der Waals surface area contributed by atoms with Crippen molar-refractivity contribution >= 4 is 17.4 Å². The molecule has 0 amide bonds. The predicted octanol–water partition coefficient (Wildman–Crippen LogP) is 3.82. The average Bonchev–Trinajstić information content (AvgIpc) is 2.86. The number of thioether (sulfide) groups is 1. The molecule has 0 aliphatic rings. The van der Waals surface area contributed by atoms with E-state index in [9.17, 15) is 0 Å². The molecule has 108 valence electrons. The number of nitrogens with zero attached hydrogens (tertiary/aromatic N) is 1. The van der Waals surface area contributed by atoms with E-state index < -0.39 is 0 Å². The summed E-state index contributed by atoms with van der Waals surface area (Å²) < 4.78 is 5.73. The van der Waals surface area contributed by atoms with Gasteiger partial charge in [0.2, 0.25) is 0 Å². The molecule has 2 aromatic rings. The second kappa shape index (κ2) is 7.41. The van der Waals surface area contributed by atoms with Gasteiger partial charge in [-0.2, -0.15) is 11.8 Å². The van der Waals surface area contributed by atoms with Gasteiger partial charge in [-0.3, -0.25) is 0 Å². The van der Waals surface area contributed by atoms with Crippen LogP contribution in [0.3, 0.4) is 0 Å². The van der Waals surface area contributed by atoms with Gasteiger partial charge in [0.25, 0.3) is 0 Å². The smallest absolute Gasteiger partial charge is 0.123 e. The van der Waals surface area contributed by atoms with Crippen LogP contribution in [-0.2, 0) is 18.8 Å². The van der Waals surface area contributed by atoms with E-state index >= 15 is 0 Å². The van der Waals surface area contributed by atoms with Crippen LogP contribution < -0.4 is 5.32 Å². The molecule has 4 heteroatoms. The summed E-state index contributed by atoms with van der Waals surface area (Å²) in [6.07, 6.45) is 2.08. The lowest BCUT2D eigenvalue weighted by Crippen LogP contribution is -2.10. The molecule has 1 N–H and O–H groups in total. The molecule has 2 rings (SSSR count). The van der Waals surface area contributed by atoms with E-state index in [0.29, 0.717) is 0 Å². The number of nitrogens with one attached hydrogen (secondary N) is 1. The molecule has 3 nitrogen and oxygen atoms in total. The number of hydrogen-bond acceptors (Lipinski definition) is 4. The van der Waals surface area contributed by atoms with E-state index in [4.69, 9.17) is 4.42 Å². The van der Waals surface area contributed by atoms with Crippen LogP contribution in [0.2, 0.25) is 0 Å². The summed E-state index contributed by atoms with van der Waals surface area (Å²) in [6, 6.07) is 12.6. The lowest BCUT2D eigenvalue weighted by Gasteiger charge is -2.10. The van der Waals surface area contributed by atoms with Crippen LogP contribution in [0.25, 0.3) is 0 Å². The highest BCUT2D eigenvalue weighted by atomic mass is 32.2. The van der Waals surface area contributed by atoms with Crippen molar-refractivity contribution in [1.29, 1.82) is 0 Å². The number of benzene rings is 1. The first-order valence-electron chi connectivity index (χ1n) is 6.71. The average molecular weight is 290 g/mol. The maximum absolute atomic E-state index is 5.73. The standard InChI is InChI=1S/C16H22N2OS/c1-18(2)11-13-4-6-14(7-5-13)17-10-15-8-9-16(19-15)12-20-3/h4-9,17H,10-12H2,1-3H3. The van der Waals surface area contributed by atoms with Crippen LogP contribution in [0.5, 0.6) is 0 Å². The van der Waals surface area contributed by atoms with Gasteiger partial charge in [0.05, 0.1) is 12.3 Å². The summed E-state index contributed by atoms with van der Waals surface area (Å²) in [5, 5.41) is 3.38. The fourth-order valence-electron chi connectivity index (χ4n) is 2.02. The fourth-order valence-corrected chi connectivity index (χ4v) is 2.46. The van der Waals surface area contributed by atoms with Crippen LogP contribution in [0.4, 0.5) is 5.69 Å². The number of rotatable bonds is 7.